The lowest BCUT2D eigenvalue weighted by atomic mass is 9.98. The molecule has 1 aromatic rings. The number of hydrogen-bond acceptors (Lipinski definition) is 5. The number of nitrogens with one attached hydrogen (secondary N) is 1. The fourth-order valence-electron chi connectivity index (χ4n) is 3.16. The van der Waals surface area contributed by atoms with Gasteiger partial charge in [-0.1, -0.05) is 31.7 Å². The third-order valence-corrected chi connectivity index (χ3v) is 4.66. The molecule has 1 fully saturated rings. The third kappa shape index (κ3) is 3.41. The van der Waals surface area contributed by atoms with E-state index in [1.165, 1.54) is 0 Å². The minimum Gasteiger partial charge on any atom is -0.476 e. The minimum atomic E-state index is -0.161. The van der Waals surface area contributed by atoms with Gasteiger partial charge in [-0.2, -0.15) is 0 Å². The SMILES string of the molecule is C=C(CC)c1ccccc1N(N)C1COC(C2CCNCC2)=N1. The number of aliphatic imine (C=N–C) groups is 1. The van der Waals surface area contributed by atoms with E-state index in [2.05, 4.69) is 24.9 Å². The third-order valence-electron chi connectivity index (χ3n) is 4.66. The fraction of sp³-hybridized carbons (Fsp3) is 0.500. The molecule has 5 nitrogen and oxygen atoms in total. The Bertz CT molecular complexity index is 592. The number of allylic oxidation sites excluding steroid dienone is 1. The Morgan fingerprint density at radius 2 is 2.13 bits per heavy atom. The number of nitrogens with two attached hydrogens (primary N) is 1. The topological polar surface area (TPSA) is 62.9 Å². The van der Waals surface area contributed by atoms with Crippen LogP contribution in [0.3, 0.4) is 0 Å². The summed E-state index contributed by atoms with van der Waals surface area (Å²) in [6.07, 6.45) is 2.90. The maximum atomic E-state index is 6.38. The number of para-hydroxylation sites is 1. The molecule has 0 aliphatic carbocycles. The van der Waals surface area contributed by atoms with Crippen LogP contribution in [0.5, 0.6) is 0 Å². The van der Waals surface area contributed by atoms with E-state index in [4.69, 9.17) is 15.6 Å². The van der Waals surface area contributed by atoms with Crippen molar-refractivity contribution in [2.75, 3.05) is 24.7 Å². The molecule has 2 aliphatic heterocycles. The van der Waals surface area contributed by atoms with E-state index in [1.54, 1.807) is 5.01 Å². The number of hydrazine groups is 1. The molecule has 23 heavy (non-hydrogen) atoms. The van der Waals surface area contributed by atoms with Gasteiger partial charge in [-0.15, -0.1) is 0 Å². The van der Waals surface area contributed by atoms with Crippen LogP contribution in [0, 0.1) is 5.92 Å². The highest BCUT2D eigenvalue weighted by Gasteiger charge is 2.30. The van der Waals surface area contributed by atoms with Crippen LogP contribution in [0.4, 0.5) is 5.69 Å². The molecule has 0 bridgehead atoms. The van der Waals surface area contributed by atoms with Gasteiger partial charge in [-0.25, -0.2) is 10.8 Å². The smallest absolute Gasteiger partial charge is 0.188 e. The van der Waals surface area contributed by atoms with Crippen molar-refractivity contribution >= 4 is 17.2 Å². The summed E-state index contributed by atoms with van der Waals surface area (Å²) in [4.78, 5) is 4.75. The van der Waals surface area contributed by atoms with Crippen molar-refractivity contribution < 1.29 is 4.74 Å². The van der Waals surface area contributed by atoms with Crippen molar-refractivity contribution in [3.63, 3.8) is 0 Å². The number of piperidine rings is 1. The van der Waals surface area contributed by atoms with Gasteiger partial charge >= 0.3 is 0 Å². The summed E-state index contributed by atoms with van der Waals surface area (Å²) < 4.78 is 5.85. The average molecular weight is 314 g/mol. The molecule has 1 atom stereocenters. The Morgan fingerprint density at radius 1 is 1.39 bits per heavy atom. The zero-order valence-electron chi connectivity index (χ0n) is 13.8. The highest BCUT2D eigenvalue weighted by molar-refractivity contribution is 5.81. The molecule has 2 aliphatic rings. The van der Waals surface area contributed by atoms with E-state index in [1.807, 2.05) is 18.2 Å². The lowest BCUT2D eigenvalue weighted by molar-refractivity contribution is 0.282. The summed E-state index contributed by atoms with van der Waals surface area (Å²) in [5.74, 6) is 7.68. The summed E-state index contributed by atoms with van der Waals surface area (Å²) in [6, 6.07) is 8.10. The molecule has 0 amide bonds. The largest absolute Gasteiger partial charge is 0.476 e. The molecule has 1 saturated heterocycles. The zero-order chi connectivity index (χ0) is 16.2. The van der Waals surface area contributed by atoms with Gasteiger partial charge in [-0.3, -0.25) is 5.01 Å². The second-order valence-electron chi connectivity index (χ2n) is 6.16. The molecule has 0 radical (unpaired) electrons. The molecule has 2 heterocycles. The summed E-state index contributed by atoms with van der Waals surface area (Å²) in [5, 5.41) is 5.10. The van der Waals surface area contributed by atoms with Gasteiger partial charge in [0.15, 0.2) is 12.1 Å². The molecule has 3 rings (SSSR count). The first-order valence-corrected chi connectivity index (χ1v) is 8.43. The van der Waals surface area contributed by atoms with Crippen molar-refractivity contribution in [2.45, 2.75) is 32.4 Å². The van der Waals surface area contributed by atoms with Crippen LogP contribution >= 0.6 is 0 Å². The van der Waals surface area contributed by atoms with E-state index < -0.39 is 0 Å². The minimum absolute atomic E-state index is 0.161. The molecule has 5 heteroatoms. The van der Waals surface area contributed by atoms with E-state index in [0.717, 1.165) is 55.1 Å². The maximum Gasteiger partial charge on any atom is 0.188 e. The van der Waals surface area contributed by atoms with Crippen LogP contribution in [0.15, 0.2) is 35.8 Å². The predicted molar refractivity (Wildman–Crippen MR) is 95.2 cm³/mol. The molecular formula is C18H26N4O. The van der Waals surface area contributed by atoms with E-state index in [0.29, 0.717) is 12.5 Å². The number of anilines is 1. The summed E-state index contributed by atoms with van der Waals surface area (Å²) in [6.45, 7) is 8.83. The van der Waals surface area contributed by atoms with Crippen molar-refractivity contribution in [2.24, 2.45) is 16.8 Å². The summed E-state index contributed by atoms with van der Waals surface area (Å²) >= 11 is 0. The monoisotopic (exact) mass is 314 g/mol. The number of nitrogens with zero attached hydrogens (tertiary/aromatic N) is 2. The standard InChI is InChI=1S/C18H26N4O/c1-3-13(2)15-6-4-5-7-16(15)22(19)17-12-23-18(21-17)14-8-10-20-11-9-14/h4-7,14,17,20H,2-3,8-12,19H2,1H3. The summed E-state index contributed by atoms with van der Waals surface area (Å²) in [5.41, 5.74) is 3.13. The van der Waals surface area contributed by atoms with Crippen LogP contribution in [0.2, 0.25) is 0 Å². The summed E-state index contributed by atoms with van der Waals surface area (Å²) in [7, 11) is 0. The molecule has 0 spiro atoms. The first-order valence-electron chi connectivity index (χ1n) is 8.43. The van der Waals surface area contributed by atoms with Crippen LogP contribution < -0.4 is 16.2 Å². The highest BCUT2D eigenvalue weighted by Crippen LogP contribution is 2.29. The maximum absolute atomic E-state index is 6.38. The first-order chi connectivity index (χ1) is 11.2. The van der Waals surface area contributed by atoms with Gasteiger partial charge < -0.3 is 10.1 Å². The average Bonchev–Trinajstić information content (AvgIpc) is 3.11. The zero-order valence-corrected chi connectivity index (χ0v) is 13.8. The van der Waals surface area contributed by atoms with Gasteiger partial charge in [0, 0.05) is 11.5 Å². The Labute approximate surface area is 138 Å². The lowest BCUT2D eigenvalue weighted by Crippen LogP contribution is -2.41. The van der Waals surface area contributed by atoms with Crippen LogP contribution in [0.25, 0.3) is 5.57 Å². The number of rotatable bonds is 5. The van der Waals surface area contributed by atoms with E-state index in [9.17, 15) is 0 Å². The Kier molecular flexibility index (Phi) is 4.98. The molecule has 0 aromatic heterocycles. The Hall–Kier alpha value is -1.85. The number of benzene rings is 1. The Balaban J connectivity index is 1.77. The predicted octanol–water partition coefficient (Wildman–Crippen LogP) is 2.54. The molecule has 1 unspecified atom stereocenters. The van der Waals surface area contributed by atoms with Gasteiger partial charge in [0.2, 0.25) is 0 Å². The highest BCUT2D eigenvalue weighted by atomic mass is 16.5. The molecule has 0 saturated carbocycles. The molecule has 3 N–H and O–H groups in total. The molecular weight excluding hydrogens is 288 g/mol. The molecule has 1 aromatic carbocycles. The lowest BCUT2D eigenvalue weighted by Gasteiger charge is -2.25. The number of hydrogen-bond donors (Lipinski definition) is 2. The second kappa shape index (κ2) is 7.15. The van der Waals surface area contributed by atoms with Gasteiger partial charge in [0.25, 0.3) is 0 Å². The van der Waals surface area contributed by atoms with Gasteiger partial charge in [-0.05, 0) is 44.0 Å². The fourth-order valence-corrected chi connectivity index (χ4v) is 3.16. The van der Waals surface area contributed by atoms with Gasteiger partial charge in [0.05, 0.1) is 5.69 Å². The van der Waals surface area contributed by atoms with Crippen LogP contribution in [0.1, 0.15) is 31.7 Å². The van der Waals surface area contributed by atoms with E-state index >= 15 is 0 Å². The second-order valence-corrected chi connectivity index (χ2v) is 6.16. The quantitative estimate of drug-likeness (QED) is 0.647. The molecule has 124 valence electrons. The van der Waals surface area contributed by atoms with Crippen molar-refractivity contribution in [1.29, 1.82) is 0 Å². The van der Waals surface area contributed by atoms with Crippen LogP contribution in [-0.4, -0.2) is 31.8 Å². The Morgan fingerprint density at radius 3 is 2.87 bits per heavy atom. The number of ether oxygens (including phenoxy) is 1. The van der Waals surface area contributed by atoms with Crippen molar-refractivity contribution in [3.05, 3.63) is 36.4 Å². The van der Waals surface area contributed by atoms with Crippen LogP contribution in [-0.2, 0) is 4.74 Å². The normalized spacial score (nSPS) is 21.7. The first kappa shape index (κ1) is 16.0. The van der Waals surface area contributed by atoms with Gasteiger partial charge in [0.1, 0.15) is 6.61 Å². The van der Waals surface area contributed by atoms with Crippen molar-refractivity contribution in [1.82, 2.24) is 5.32 Å². The van der Waals surface area contributed by atoms with E-state index in [-0.39, 0.29) is 6.17 Å². The van der Waals surface area contributed by atoms with Crippen molar-refractivity contribution in [3.8, 4) is 0 Å².